The number of hydrogen-bond donors (Lipinski definition) is 2. The Morgan fingerprint density at radius 2 is 1.59 bits per heavy atom. The zero-order valence-electron chi connectivity index (χ0n) is 26.6. The lowest BCUT2D eigenvalue weighted by molar-refractivity contribution is -0.154. The Balaban J connectivity index is 1.27. The average Bonchev–Trinajstić information content (AvgIpc) is 3.54. The molecule has 6 aromatic rings. The third kappa shape index (κ3) is 7.85. The normalized spacial score (nSPS) is 11.9. The maximum absolute atomic E-state index is 14.2. The number of hydrogen-bond acceptors (Lipinski definition) is 9. The van der Waals surface area contributed by atoms with E-state index in [1.54, 1.807) is 36.5 Å². The van der Waals surface area contributed by atoms with Crippen molar-refractivity contribution in [2.24, 2.45) is 0 Å². The van der Waals surface area contributed by atoms with Crippen LogP contribution in [-0.4, -0.2) is 36.2 Å². The van der Waals surface area contributed by atoms with Crippen LogP contribution in [0, 0.1) is 0 Å². The van der Waals surface area contributed by atoms with Crippen molar-refractivity contribution in [3.63, 3.8) is 0 Å². The number of fused-ring (bicyclic) bond motifs is 2. The molecule has 0 saturated carbocycles. The number of halogens is 3. The van der Waals surface area contributed by atoms with E-state index in [9.17, 15) is 32.3 Å². The minimum absolute atomic E-state index is 0.0362. The van der Waals surface area contributed by atoms with Crippen LogP contribution in [0.25, 0.3) is 21.9 Å². The summed E-state index contributed by atoms with van der Waals surface area (Å²) >= 11 is 0. The molecule has 0 bridgehead atoms. The fraction of sp³-hybridized carbons (Fsp3) is 0.135. The van der Waals surface area contributed by atoms with Crippen LogP contribution in [0.3, 0.4) is 0 Å². The summed E-state index contributed by atoms with van der Waals surface area (Å²) in [4.78, 5) is 54.4. The number of rotatable bonds is 10. The van der Waals surface area contributed by atoms with Crippen LogP contribution in [0.5, 0.6) is 17.2 Å². The third-order valence-electron chi connectivity index (χ3n) is 7.68. The van der Waals surface area contributed by atoms with Crippen molar-refractivity contribution in [2.75, 3.05) is 7.11 Å². The van der Waals surface area contributed by atoms with Crippen LogP contribution in [-0.2, 0) is 33.5 Å². The number of amides is 1. The van der Waals surface area contributed by atoms with Crippen LogP contribution in [0.4, 0.5) is 18.0 Å². The van der Waals surface area contributed by atoms with E-state index in [0.717, 1.165) is 23.0 Å². The number of para-hydroxylation sites is 1. The summed E-state index contributed by atoms with van der Waals surface area (Å²) < 4.78 is 68.3. The fourth-order valence-corrected chi connectivity index (χ4v) is 5.20. The number of carbonyl (C=O) groups is 3. The molecular weight excluding hydrogens is 673 g/mol. The topological polar surface area (TPSA) is 146 Å². The van der Waals surface area contributed by atoms with Gasteiger partial charge < -0.3 is 33.7 Å². The fourth-order valence-electron chi connectivity index (χ4n) is 5.20. The Labute approximate surface area is 286 Å². The van der Waals surface area contributed by atoms with Gasteiger partial charge in [0, 0.05) is 29.6 Å². The monoisotopic (exact) mass is 700 g/mol. The summed E-state index contributed by atoms with van der Waals surface area (Å²) in [6, 6.07) is 23.0. The quantitative estimate of drug-likeness (QED) is 0.111. The first-order valence-corrected chi connectivity index (χ1v) is 15.3. The standard InChI is InChI=1S/C37H27F3N2O9/c1-47-34(44)22-11-13-24(14-12-22)49-32-31(43)27-16-15-25(18-30(27)51-33(32)37(38,39)40)50-35(45)29(17-23-19-41-28-10-6-5-9-26(23)28)42-36(46)48-20-21-7-3-2-4-8-21/h2-16,18-19,29,41H,17,20H2,1H3,(H,42,46)/t29-/m1/s1. The molecule has 51 heavy (non-hydrogen) atoms. The van der Waals surface area contributed by atoms with Crippen molar-refractivity contribution in [2.45, 2.75) is 25.2 Å². The molecule has 11 nitrogen and oxygen atoms in total. The molecular formula is C37H27F3N2O9. The largest absolute Gasteiger partial charge is 0.465 e. The molecule has 14 heteroatoms. The van der Waals surface area contributed by atoms with Gasteiger partial charge in [0.15, 0.2) is 0 Å². The predicted octanol–water partition coefficient (Wildman–Crippen LogP) is 7.32. The zero-order chi connectivity index (χ0) is 36.1. The highest BCUT2D eigenvalue weighted by atomic mass is 19.4. The first kappa shape index (κ1) is 34.3. The minimum atomic E-state index is -5.17. The molecule has 0 aliphatic carbocycles. The molecule has 1 amide bonds. The Kier molecular flexibility index (Phi) is 9.75. The molecule has 4 aromatic carbocycles. The molecule has 2 aromatic heterocycles. The molecule has 1 atom stereocenters. The second kappa shape index (κ2) is 14.5. The summed E-state index contributed by atoms with van der Waals surface area (Å²) in [5, 5.41) is 3.00. The SMILES string of the molecule is COC(=O)c1ccc(Oc2c(C(F)(F)F)oc3cc(OC(=O)[C@@H](Cc4c[nH]c5ccccc45)NC(=O)OCc4ccccc4)ccc3c2=O)cc1. The van der Waals surface area contributed by atoms with Gasteiger partial charge in [0.2, 0.25) is 11.2 Å². The van der Waals surface area contributed by atoms with Crippen LogP contribution in [0.15, 0.2) is 112 Å². The lowest BCUT2D eigenvalue weighted by Crippen LogP contribution is -2.44. The van der Waals surface area contributed by atoms with Crippen molar-refractivity contribution in [3.8, 4) is 17.2 Å². The number of benzene rings is 4. The number of ether oxygens (including phenoxy) is 4. The zero-order valence-corrected chi connectivity index (χ0v) is 26.6. The van der Waals surface area contributed by atoms with Crippen molar-refractivity contribution in [1.82, 2.24) is 10.3 Å². The van der Waals surface area contributed by atoms with Gasteiger partial charge in [-0.1, -0.05) is 48.5 Å². The van der Waals surface area contributed by atoms with E-state index in [1.807, 2.05) is 24.3 Å². The van der Waals surface area contributed by atoms with E-state index in [-0.39, 0.29) is 35.5 Å². The highest BCUT2D eigenvalue weighted by Gasteiger charge is 2.40. The van der Waals surface area contributed by atoms with Gasteiger partial charge in [-0.3, -0.25) is 4.79 Å². The molecule has 0 spiro atoms. The van der Waals surface area contributed by atoms with E-state index >= 15 is 0 Å². The Bertz CT molecular complexity index is 2280. The number of methoxy groups -OCH3 is 1. The molecule has 6 rings (SSSR count). The van der Waals surface area contributed by atoms with E-state index < -0.39 is 52.8 Å². The highest BCUT2D eigenvalue weighted by molar-refractivity contribution is 5.89. The molecule has 2 heterocycles. The number of aromatic nitrogens is 1. The number of carbonyl (C=O) groups excluding carboxylic acids is 3. The Morgan fingerprint density at radius 1 is 0.882 bits per heavy atom. The van der Waals surface area contributed by atoms with Gasteiger partial charge in [-0.25, -0.2) is 14.4 Å². The second-order valence-electron chi connectivity index (χ2n) is 11.1. The van der Waals surface area contributed by atoms with Gasteiger partial charge >= 0.3 is 24.2 Å². The summed E-state index contributed by atoms with van der Waals surface area (Å²) in [7, 11) is 1.17. The van der Waals surface area contributed by atoms with Gasteiger partial charge in [-0.2, -0.15) is 13.2 Å². The van der Waals surface area contributed by atoms with E-state index in [4.69, 9.17) is 18.6 Å². The Hall–Kier alpha value is -6.57. The van der Waals surface area contributed by atoms with Crippen molar-refractivity contribution >= 4 is 39.9 Å². The highest BCUT2D eigenvalue weighted by Crippen LogP contribution is 2.39. The smallest absolute Gasteiger partial charge is 0.453 e. The number of aromatic amines is 1. The maximum Gasteiger partial charge on any atom is 0.453 e. The van der Waals surface area contributed by atoms with Crippen LogP contribution < -0.4 is 20.2 Å². The molecule has 260 valence electrons. The maximum atomic E-state index is 14.2. The lowest BCUT2D eigenvalue weighted by atomic mass is 10.1. The van der Waals surface area contributed by atoms with Crippen LogP contribution >= 0.6 is 0 Å². The number of H-pyrrole nitrogens is 1. The first-order chi connectivity index (χ1) is 24.5. The molecule has 0 aliphatic rings. The Morgan fingerprint density at radius 3 is 2.31 bits per heavy atom. The van der Waals surface area contributed by atoms with Gasteiger partial charge in [0.1, 0.15) is 29.7 Å². The van der Waals surface area contributed by atoms with Crippen LogP contribution in [0.2, 0.25) is 0 Å². The summed E-state index contributed by atoms with van der Waals surface area (Å²) in [5.74, 6) is -4.96. The van der Waals surface area contributed by atoms with Crippen molar-refractivity contribution in [1.29, 1.82) is 0 Å². The summed E-state index contributed by atoms with van der Waals surface area (Å²) in [6.07, 6.45) is -4.44. The second-order valence-corrected chi connectivity index (χ2v) is 11.1. The first-order valence-electron chi connectivity index (χ1n) is 15.3. The van der Waals surface area contributed by atoms with Gasteiger partial charge in [0.25, 0.3) is 5.76 Å². The van der Waals surface area contributed by atoms with Gasteiger partial charge in [-0.05, 0) is 53.6 Å². The van der Waals surface area contributed by atoms with Crippen LogP contribution in [0.1, 0.15) is 27.2 Å². The lowest BCUT2D eigenvalue weighted by Gasteiger charge is -2.18. The van der Waals surface area contributed by atoms with Crippen molar-refractivity contribution < 1.29 is 50.9 Å². The minimum Gasteiger partial charge on any atom is -0.465 e. The summed E-state index contributed by atoms with van der Waals surface area (Å²) in [5.41, 5.74) is 0.578. The molecule has 0 unspecified atom stereocenters. The van der Waals surface area contributed by atoms with Gasteiger partial charge in [-0.15, -0.1) is 0 Å². The predicted molar refractivity (Wildman–Crippen MR) is 177 cm³/mol. The van der Waals surface area contributed by atoms with Gasteiger partial charge in [0.05, 0.1) is 18.1 Å². The molecule has 0 saturated heterocycles. The molecule has 0 aliphatic heterocycles. The number of alkyl halides is 3. The number of esters is 2. The number of nitrogens with one attached hydrogen (secondary N) is 2. The molecule has 0 radical (unpaired) electrons. The van der Waals surface area contributed by atoms with E-state index in [0.29, 0.717) is 11.1 Å². The van der Waals surface area contributed by atoms with Crippen molar-refractivity contribution in [3.05, 3.63) is 136 Å². The van der Waals surface area contributed by atoms with E-state index in [1.165, 1.54) is 37.4 Å². The molecule has 2 N–H and O–H groups in total. The van der Waals surface area contributed by atoms with E-state index in [2.05, 4.69) is 15.0 Å². The summed E-state index contributed by atoms with van der Waals surface area (Å²) in [6.45, 7) is -0.0721. The third-order valence-corrected chi connectivity index (χ3v) is 7.68. The average molecular weight is 701 g/mol. The number of alkyl carbamates (subject to hydrolysis) is 1. The molecule has 0 fully saturated rings.